The first-order chi connectivity index (χ1) is 16.4. The molecule has 5 rings (SSSR count). The molecule has 1 N–H and O–H groups in total. The van der Waals surface area contributed by atoms with Crippen molar-refractivity contribution in [3.63, 3.8) is 0 Å². The number of aromatic amines is 1. The number of H-pyrrole nitrogens is 1. The summed E-state index contributed by atoms with van der Waals surface area (Å²) in [4.78, 5) is 32.8. The van der Waals surface area contributed by atoms with Gasteiger partial charge < -0.3 is 14.8 Å². The summed E-state index contributed by atoms with van der Waals surface area (Å²) in [6, 6.07) is 9.35. The number of hydrogen-bond donors (Lipinski definition) is 1. The molecule has 0 bridgehead atoms. The number of fused-ring (bicyclic) bond motifs is 1. The van der Waals surface area contributed by atoms with Crippen LogP contribution >= 0.6 is 0 Å². The number of sulfonamides is 1. The molecule has 182 valence electrons. The number of aromatic nitrogens is 1. The lowest BCUT2D eigenvalue weighted by Gasteiger charge is -2.33. The number of rotatable bonds is 4. The maximum absolute atomic E-state index is 13.4. The molecule has 1 aromatic carbocycles. The van der Waals surface area contributed by atoms with E-state index in [4.69, 9.17) is 0 Å². The Kier molecular flexibility index (Phi) is 6.48. The van der Waals surface area contributed by atoms with Crippen LogP contribution in [0.1, 0.15) is 54.6 Å². The van der Waals surface area contributed by atoms with Gasteiger partial charge in [0.25, 0.3) is 5.91 Å². The number of carbonyl (C=O) groups is 2. The molecule has 2 amide bonds. The fourth-order valence-electron chi connectivity index (χ4n) is 5.39. The maximum Gasteiger partial charge on any atom is 0.270 e. The Morgan fingerprint density at radius 3 is 2.50 bits per heavy atom. The second-order valence-electron chi connectivity index (χ2n) is 9.53. The van der Waals surface area contributed by atoms with Crippen LogP contribution in [0.5, 0.6) is 0 Å². The molecule has 34 heavy (non-hydrogen) atoms. The normalized spacial score (nSPS) is 21.8. The molecule has 0 aliphatic carbocycles. The molecule has 3 aliphatic rings. The Bertz CT molecular complexity index is 1170. The number of nitrogens with one attached hydrogen (secondary N) is 1. The van der Waals surface area contributed by atoms with Crippen LogP contribution in [0.4, 0.5) is 5.69 Å². The van der Waals surface area contributed by atoms with Gasteiger partial charge in [-0.15, -0.1) is 0 Å². The van der Waals surface area contributed by atoms with Crippen molar-refractivity contribution in [3.8, 4) is 0 Å². The number of piperidine rings is 1. The number of anilines is 1. The number of carbonyl (C=O) groups excluding carboxylic acids is 2. The van der Waals surface area contributed by atoms with Crippen LogP contribution in [0.3, 0.4) is 0 Å². The van der Waals surface area contributed by atoms with E-state index < -0.39 is 10.0 Å². The van der Waals surface area contributed by atoms with Gasteiger partial charge in [0.05, 0.1) is 5.92 Å². The molecule has 0 unspecified atom stereocenters. The second kappa shape index (κ2) is 9.54. The average Bonchev–Trinajstić information content (AvgIpc) is 3.44. The minimum Gasteiger partial charge on any atom is -0.356 e. The summed E-state index contributed by atoms with van der Waals surface area (Å²) in [5, 5.41) is 0. The molecule has 8 nitrogen and oxygen atoms in total. The van der Waals surface area contributed by atoms with Gasteiger partial charge in [-0.05, 0) is 49.8 Å². The van der Waals surface area contributed by atoms with E-state index in [1.807, 2.05) is 29.2 Å². The summed E-state index contributed by atoms with van der Waals surface area (Å²) < 4.78 is 28.2. The lowest BCUT2D eigenvalue weighted by atomic mass is 9.98. The summed E-state index contributed by atoms with van der Waals surface area (Å²) >= 11 is 0. The van der Waals surface area contributed by atoms with E-state index in [1.54, 1.807) is 4.90 Å². The van der Waals surface area contributed by atoms with E-state index in [0.717, 1.165) is 43.4 Å². The number of hydrogen-bond acceptors (Lipinski definition) is 4. The SMILES string of the molecule is O=C(c1cc(S(=O)(=O)N2CCC[C@@H](C(=O)N3CCc4ccccc43)C2)c[nH]1)N1CCCCCC1. The molecule has 4 heterocycles. The molecule has 0 saturated carbocycles. The van der Waals surface area contributed by atoms with Gasteiger partial charge >= 0.3 is 0 Å². The van der Waals surface area contributed by atoms with Gasteiger partial charge in [-0.1, -0.05) is 31.0 Å². The first kappa shape index (κ1) is 23.1. The molecular weight excluding hydrogens is 452 g/mol. The molecule has 0 spiro atoms. The van der Waals surface area contributed by atoms with E-state index in [2.05, 4.69) is 4.98 Å². The van der Waals surface area contributed by atoms with Crippen LogP contribution in [-0.4, -0.2) is 67.1 Å². The third kappa shape index (κ3) is 4.38. The highest BCUT2D eigenvalue weighted by molar-refractivity contribution is 7.89. The predicted octanol–water partition coefficient (Wildman–Crippen LogP) is 3.02. The molecule has 1 aromatic heterocycles. The van der Waals surface area contributed by atoms with Crippen molar-refractivity contribution in [2.75, 3.05) is 37.6 Å². The minimum atomic E-state index is -3.80. The first-order valence-electron chi connectivity index (χ1n) is 12.3. The summed E-state index contributed by atoms with van der Waals surface area (Å²) in [5.41, 5.74) is 2.40. The van der Waals surface area contributed by atoms with Gasteiger partial charge in [0.15, 0.2) is 0 Å². The highest BCUT2D eigenvalue weighted by Gasteiger charge is 2.37. The van der Waals surface area contributed by atoms with Gasteiger partial charge in [0, 0.05) is 44.6 Å². The van der Waals surface area contributed by atoms with Crippen LogP contribution < -0.4 is 4.90 Å². The zero-order valence-electron chi connectivity index (χ0n) is 19.4. The van der Waals surface area contributed by atoms with Gasteiger partial charge in [0.1, 0.15) is 10.6 Å². The zero-order valence-corrected chi connectivity index (χ0v) is 20.2. The van der Waals surface area contributed by atoms with E-state index >= 15 is 0 Å². The van der Waals surface area contributed by atoms with Crippen molar-refractivity contribution < 1.29 is 18.0 Å². The second-order valence-corrected chi connectivity index (χ2v) is 11.5. The molecule has 2 fully saturated rings. The lowest BCUT2D eigenvalue weighted by Crippen LogP contribution is -2.46. The smallest absolute Gasteiger partial charge is 0.270 e. The lowest BCUT2D eigenvalue weighted by molar-refractivity contribution is -0.123. The molecule has 2 saturated heterocycles. The van der Waals surface area contributed by atoms with Crippen molar-refractivity contribution in [2.45, 2.75) is 49.8 Å². The Balaban J connectivity index is 1.29. The number of benzene rings is 1. The summed E-state index contributed by atoms with van der Waals surface area (Å²) in [5.74, 6) is -0.523. The summed E-state index contributed by atoms with van der Waals surface area (Å²) in [6.07, 6.45) is 7.73. The van der Waals surface area contributed by atoms with Crippen LogP contribution in [0.15, 0.2) is 41.4 Å². The van der Waals surface area contributed by atoms with E-state index in [1.165, 1.54) is 16.6 Å². The van der Waals surface area contributed by atoms with Crippen molar-refractivity contribution >= 4 is 27.5 Å². The Labute approximate surface area is 201 Å². The van der Waals surface area contributed by atoms with E-state index in [9.17, 15) is 18.0 Å². The number of likely N-dealkylation sites (tertiary alicyclic amines) is 1. The monoisotopic (exact) mass is 484 g/mol. The standard InChI is InChI=1S/C25H32N4O4S/c30-24(29-15-11-19-8-3-4-10-23(19)29)20-9-7-14-28(18-20)34(32,33)21-16-22(26-17-21)25(31)27-12-5-1-2-6-13-27/h3-4,8,10,16-17,20,26H,1-2,5-7,9,11-15,18H2/t20-/m1/s1. The average molecular weight is 485 g/mol. The van der Waals surface area contributed by atoms with E-state index in [0.29, 0.717) is 44.7 Å². The fraction of sp³-hybridized carbons (Fsp3) is 0.520. The first-order valence-corrected chi connectivity index (χ1v) is 13.8. The highest BCUT2D eigenvalue weighted by atomic mass is 32.2. The third-order valence-electron chi connectivity index (χ3n) is 7.30. The largest absolute Gasteiger partial charge is 0.356 e. The third-order valence-corrected chi connectivity index (χ3v) is 9.15. The molecular formula is C25H32N4O4S. The topological polar surface area (TPSA) is 93.8 Å². The Hall–Kier alpha value is -2.65. The Morgan fingerprint density at radius 2 is 1.71 bits per heavy atom. The number of amides is 2. The predicted molar refractivity (Wildman–Crippen MR) is 129 cm³/mol. The van der Waals surface area contributed by atoms with Crippen LogP contribution in [0.2, 0.25) is 0 Å². The fourth-order valence-corrected chi connectivity index (χ4v) is 6.91. The van der Waals surface area contributed by atoms with Crippen molar-refractivity contribution in [1.82, 2.24) is 14.2 Å². The summed E-state index contributed by atoms with van der Waals surface area (Å²) in [7, 11) is -3.80. The number of para-hydroxylation sites is 1. The molecule has 3 aliphatic heterocycles. The van der Waals surface area contributed by atoms with Crippen LogP contribution in [-0.2, 0) is 21.2 Å². The molecule has 0 radical (unpaired) electrons. The quantitative estimate of drug-likeness (QED) is 0.722. The molecule has 1 atom stereocenters. The van der Waals surface area contributed by atoms with Crippen molar-refractivity contribution in [2.24, 2.45) is 5.92 Å². The van der Waals surface area contributed by atoms with Crippen molar-refractivity contribution in [1.29, 1.82) is 0 Å². The molecule has 2 aromatic rings. The summed E-state index contributed by atoms with van der Waals surface area (Å²) in [6.45, 7) is 2.59. The minimum absolute atomic E-state index is 0.00375. The van der Waals surface area contributed by atoms with Gasteiger partial charge in [-0.25, -0.2) is 8.42 Å². The van der Waals surface area contributed by atoms with Crippen LogP contribution in [0.25, 0.3) is 0 Å². The molecule has 9 heteroatoms. The van der Waals surface area contributed by atoms with Gasteiger partial charge in [-0.2, -0.15) is 4.31 Å². The highest BCUT2D eigenvalue weighted by Crippen LogP contribution is 2.32. The van der Waals surface area contributed by atoms with Gasteiger partial charge in [-0.3, -0.25) is 9.59 Å². The van der Waals surface area contributed by atoms with E-state index in [-0.39, 0.29) is 29.2 Å². The van der Waals surface area contributed by atoms with Crippen LogP contribution in [0, 0.1) is 5.92 Å². The van der Waals surface area contributed by atoms with Gasteiger partial charge in [0.2, 0.25) is 15.9 Å². The maximum atomic E-state index is 13.4. The number of nitrogens with zero attached hydrogens (tertiary/aromatic N) is 3. The van der Waals surface area contributed by atoms with Crippen molar-refractivity contribution in [3.05, 3.63) is 47.8 Å². The Morgan fingerprint density at radius 1 is 0.941 bits per heavy atom. The zero-order chi connectivity index (χ0) is 23.7.